The predicted octanol–water partition coefficient (Wildman–Crippen LogP) is 4.85. The third-order valence-electron chi connectivity index (χ3n) is 6.48. The standard InChI is InChI=1S/C29H25BFN7/c1-19-5-4-8-25(34-19)29-28(22-11-14-27-32-18-33-38(27)16-22)35-26(36-29)17-37(30)15-21-6-2-3-7-24(21)20-9-12-23(31)13-10-20/h2-14,16,18H,15,17,30H2,1H3,(H,35,36). The third kappa shape index (κ3) is 4.84. The molecule has 186 valence electrons. The fourth-order valence-electron chi connectivity index (χ4n) is 4.70. The lowest BCUT2D eigenvalue weighted by molar-refractivity contribution is 0.433. The van der Waals surface area contributed by atoms with Gasteiger partial charge in [-0.1, -0.05) is 42.5 Å². The Balaban J connectivity index is 1.32. The van der Waals surface area contributed by atoms with E-state index in [1.54, 1.807) is 10.8 Å². The summed E-state index contributed by atoms with van der Waals surface area (Å²) in [6.07, 6.45) is 3.49. The zero-order valence-corrected chi connectivity index (χ0v) is 21.1. The van der Waals surface area contributed by atoms with Gasteiger partial charge < -0.3 is 9.79 Å². The molecule has 9 heteroatoms. The van der Waals surface area contributed by atoms with Gasteiger partial charge in [0, 0.05) is 30.5 Å². The van der Waals surface area contributed by atoms with E-state index in [9.17, 15) is 4.39 Å². The Morgan fingerprint density at radius 3 is 2.55 bits per heavy atom. The Hall–Kier alpha value is -4.63. The molecule has 0 unspecified atom stereocenters. The van der Waals surface area contributed by atoms with Crippen molar-refractivity contribution in [2.24, 2.45) is 0 Å². The molecule has 0 spiro atoms. The summed E-state index contributed by atoms with van der Waals surface area (Å²) in [4.78, 5) is 19.7. The van der Waals surface area contributed by atoms with Crippen molar-refractivity contribution in [2.45, 2.75) is 20.0 Å². The summed E-state index contributed by atoms with van der Waals surface area (Å²) >= 11 is 0. The number of aromatic amines is 1. The molecule has 0 amide bonds. The first-order chi connectivity index (χ1) is 18.5. The molecule has 38 heavy (non-hydrogen) atoms. The highest BCUT2D eigenvalue weighted by Gasteiger charge is 2.18. The first-order valence-electron chi connectivity index (χ1n) is 12.4. The van der Waals surface area contributed by atoms with Crippen LogP contribution in [0, 0.1) is 12.7 Å². The molecule has 0 aliphatic carbocycles. The lowest BCUT2D eigenvalue weighted by atomic mass is 9.98. The van der Waals surface area contributed by atoms with E-state index >= 15 is 0 Å². The number of hydrogen-bond donors (Lipinski definition) is 1. The topological polar surface area (TPSA) is 75.0 Å². The number of nitrogens with one attached hydrogen (secondary N) is 1. The van der Waals surface area contributed by atoms with E-state index < -0.39 is 0 Å². The molecule has 6 aromatic rings. The second-order valence-electron chi connectivity index (χ2n) is 9.39. The Morgan fingerprint density at radius 1 is 0.895 bits per heavy atom. The van der Waals surface area contributed by atoms with E-state index in [0.717, 1.165) is 56.5 Å². The van der Waals surface area contributed by atoms with Gasteiger partial charge in [0.05, 0.1) is 11.4 Å². The molecule has 4 aromatic heterocycles. The van der Waals surface area contributed by atoms with E-state index in [-0.39, 0.29) is 5.82 Å². The number of H-pyrrole nitrogens is 1. The van der Waals surface area contributed by atoms with Crippen molar-refractivity contribution in [3.05, 3.63) is 114 Å². The van der Waals surface area contributed by atoms with Crippen LogP contribution >= 0.6 is 0 Å². The van der Waals surface area contributed by atoms with Crippen LogP contribution in [0.4, 0.5) is 4.39 Å². The fraction of sp³-hybridized carbons (Fsp3) is 0.103. The largest absolute Gasteiger partial charge is 0.340 e. The molecule has 7 nitrogen and oxygen atoms in total. The molecule has 0 saturated carbocycles. The third-order valence-corrected chi connectivity index (χ3v) is 6.48. The van der Waals surface area contributed by atoms with E-state index in [1.165, 1.54) is 12.1 Å². The van der Waals surface area contributed by atoms with E-state index in [4.69, 9.17) is 9.97 Å². The van der Waals surface area contributed by atoms with Crippen molar-refractivity contribution in [1.29, 1.82) is 0 Å². The van der Waals surface area contributed by atoms with E-state index in [0.29, 0.717) is 13.1 Å². The molecule has 0 aliphatic heterocycles. The van der Waals surface area contributed by atoms with Crippen LogP contribution in [0.2, 0.25) is 0 Å². The summed E-state index contributed by atoms with van der Waals surface area (Å²) < 4.78 is 15.2. The minimum Gasteiger partial charge on any atom is -0.340 e. The molecule has 0 bridgehead atoms. The lowest BCUT2D eigenvalue weighted by Crippen LogP contribution is -2.20. The fourth-order valence-corrected chi connectivity index (χ4v) is 4.70. The maximum Gasteiger partial charge on any atom is 0.186 e. The molecule has 0 atom stereocenters. The van der Waals surface area contributed by atoms with Crippen molar-refractivity contribution in [3.63, 3.8) is 0 Å². The summed E-state index contributed by atoms with van der Waals surface area (Å²) in [6, 6.07) is 24.8. The Labute approximate surface area is 220 Å². The van der Waals surface area contributed by atoms with Gasteiger partial charge in [-0.3, -0.25) is 4.98 Å². The van der Waals surface area contributed by atoms with E-state index in [2.05, 4.69) is 40.0 Å². The smallest absolute Gasteiger partial charge is 0.186 e. The van der Waals surface area contributed by atoms with Crippen LogP contribution in [0.5, 0.6) is 0 Å². The van der Waals surface area contributed by atoms with Crippen molar-refractivity contribution in [1.82, 2.24) is 34.4 Å². The first kappa shape index (κ1) is 23.8. The number of hydrogen-bond acceptors (Lipinski definition) is 5. The quantitative estimate of drug-likeness (QED) is 0.317. The van der Waals surface area contributed by atoms with Crippen LogP contribution in [0.3, 0.4) is 0 Å². The average Bonchev–Trinajstić information content (AvgIpc) is 3.56. The van der Waals surface area contributed by atoms with Gasteiger partial charge >= 0.3 is 0 Å². The molecule has 2 aromatic carbocycles. The minimum absolute atomic E-state index is 0.237. The Bertz CT molecular complexity index is 1730. The Morgan fingerprint density at radius 2 is 1.71 bits per heavy atom. The van der Waals surface area contributed by atoms with Crippen molar-refractivity contribution < 1.29 is 4.39 Å². The summed E-state index contributed by atoms with van der Waals surface area (Å²) in [5.74, 6) is 0.595. The lowest BCUT2D eigenvalue weighted by Gasteiger charge is -2.18. The molecule has 6 rings (SSSR count). The number of pyridine rings is 2. The minimum atomic E-state index is -0.237. The summed E-state index contributed by atoms with van der Waals surface area (Å²) in [6.45, 7) is 3.28. The zero-order chi connectivity index (χ0) is 26.1. The summed E-state index contributed by atoms with van der Waals surface area (Å²) in [7, 11) is 2.07. The predicted molar refractivity (Wildman–Crippen MR) is 148 cm³/mol. The number of rotatable bonds is 7. The molecule has 0 saturated heterocycles. The molecular formula is C29H25BFN7. The van der Waals surface area contributed by atoms with Crippen LogP contribution < -0.4 is 0 Å². The number of imidazole rings is 1. The van der Waals surface area contributed by atoms with Crippen LogP contribution in [0.25, 0.3) is 39.4 Å². The Kier molecular flexibility index (Phi) is 6.27. The number of aryl methyl sites for hydroxylation is 1. The van der Waals surface area contributed by atoms with Crippen molar-refractivity contribution in [3.8, 4) is 33.8 Å². The highest BCUT2D eigenvalue weighted by molar-refractivity contribution is 6.04. The van der Waals surface area contributed by atoms with Crippen LogP contribution in [0.1, 0.15) is 17.1 Å². The maximum absolute atomic E-state index is 13.5. The van der Waals surface area contributed by atoms with Crippen molar-refractivity contribution >= 4 is 13.6 Å². The normalized spacial score (nSPS) is 11.4. The molecule has 0 radical (unpaired) electrons. The van der Waals surface area contributed by atoms with Gasteiger partial charge in [-0.2, -0.15) is 5.10 Å². The van der Waals surface area contributed by atoms with Gasteiger partial charge in [-0.25, -0.2) is 18.9 Å². The maximum atomic E-state index is 13.5. The first-order valence-corrected chi connectivity index (χ1v) is 12.4. The summed E-state index contributed by atoms with van der Waals surface area (Å²) in [5, 5.41) is 4.29. The molecule has 4 heterocycles. The SMILES string of the molecule is BN(Cc1nc(-c2cccc(C)n2)c(-c2ccc3ncnn3c2)[nH]1)Cc1ccccc1-c1ccc(F)cc1. The number of fused-ring (bicyclic) bond motifs is 1. The van der Waals surface area contributed by atoms with Crippen molar-refractivity contribution in [2.75, 3.05) is 0 Å². The van der Waals surface area contributed by atoms with Gasteiger partial charge in [0.2, 0.25) is 0 Å². The number of aromatic nitrogens is 6. The van der Waals surface area contributed by atoms with E-state index in [1.807, 2.05) is 67.7 Å². The van der Waals surface area contributed by atoms with Crippen LogP contribution in [-0.4, -0.2) is 42.3 Å². The monoisotopic (exact) mass is 501 g/mol. The second kappa shape index (κ2) is 10.0. The molecule has 0 fully saturated rings. The number of benzene rings is 2. The van der Waals surface area contributed by atoms with Gasteiger partial charge in [0.1, 0.15) is 23.7 Å². The second-order valence-corrected chi connectivity index (χ2v) is 9.39. The zero-order valence-electron chi connectivity index (χ0n) is 21.1. The van der Waals surface area contributed by atoms with Crippen LogP contribution in [0.15, 0.2) is 91.4 Å². The van der Waals surface area contributed by atoms with Gasteiger partial charge in [0.25, 0.3) is 0 Å². The molecule has 1 N–H and O–H groups in total. The highest BCUT2D eigenvalue weighted by atomic mass is 19.1. The summed E-state index contributed by atoms with van der Waals surface area (Å²) in [5.41, 5.74) is 8.39. The molecular weight excluding hydrogens is 476 g/mol. The van der Waals surface area contributed by atoms with Crippen LogP contribution in [-0.2, 0) is 13.1 Å². The van der Waals surface area contributed by atoms with Gasteiger partial charge in [0.15, 0.2) is 13.6 Å². The van der Waals surface area contributed by atoms with Gasteiger partial charge in [-0.15, -0.1) is 0 Å². The average molecular weight is 501 g/mol. The highest BCUT2D eigenvalue weighted by Crippen LogP contribution is 2.30. The van der Waals surface area contributed by atoms with Gasteiger partial charge in [-0.05, 0) is 60.0 Å². The number of nitrogens with zero attached hydrogens (tertiary/aromatic N) is 6. The molecule has 0 aliphatic rings. The number of halogens is 1.